The molecule has 0 aliphatic carbocycles. The number of Topliss-reactive ketones (excluding diaryl/α,β-unsaturated/α-hetero) is 2. The van der Waals surface area contributed by atoms with Gasteiger partial charge in [0, 0.05) is 0 Å². The lowest BCUT2D eigenvalue weighted by Crippen LogP contribution is -1.97. The second-order valence-corrected chi connectivity index (χ2v) is 1.58. The van der Waals surface area contributed by atoms with Crippen molar-refractivity contribution in [1.29, 1.82) is 0 Å². The van der Waals surface area contributed by atoms with Crippen LogP contribution in [0.1, 0.15) is 20.3 Å². The van der Waals surface area contributed by atoms with Gasteiger partial charge in [-0.2, -0.15) is 0 Å². The van der Waals surface area contributed by atoms with Crippen molar-refractivity contribution < 1.29 is 9.59 Å². The van der Waals surface area contributed by atoms with Gasteiger partial charge in [-0.3, -0.25) is 9.59 Å². The summed E-state index contributed by atoms with van der Waals surface area (Å²) in [6.07, 6.45) is 0.0833. The Balaban J connectivity index is 0. The third-order valence-corrected chi connectivity index (χ3v) is 0.498. The number of hydrogen-bond donors (Lipinski definition) is 0. The Morgan fingerprint density at radius 3 is 1.33 bits per heavy atom. The van der Waals surface area contributed by atoms with E-state index in [9.17, 15) is 9.59 Å². The third kappa shape index (κ3) is 19.3. The first-order valence-electron chi connectivity index (χ1n) is 2.62. The molecule has 9 heavy (non-hydrogen) atoms. The van der Waals surface area contributed by atoms with Crippen molar-refractivity contribution >= 4 is 11.6 Å². The fourth-order valence-corrected chi connectivity index (χ4v) is 0.351. The number of hydrogen-bond acceptors (Lipinski definition) is 2. The van der Waals surface area contributed by atoms with Crippen LogP contribution in [0.5, 0.6) is 0 Å². The molecule has 2 nitrogen and oxygen atoms in total. The van der Waals surface area contributed by atoms with Gasteiger partial charge in [-0.1, -0.05) is 0 Å². The molecule has 0 spiro atoms. The lowest BCUT2D eigenvalue weighted by Gasteiger charge is -1.81. The van der Waals surface area contributed by atoms with Crippen molar-refractivity contribution in [3.8, 4) is 0 Å². The van der Waals surface area contributed by atoms with Gasteiger partial charge in [0.25, 0.3) is 0 Å². The average Bonchev–Trinajstić information content (AvgIpc) is 1.68. The molecule has 0 aromatic heterocycles. The quantitative estimate of drug-likeness (QED) is 0.415. The molecule has 0 heterocycles. The second-order valence-electron chi connectivity index (χ2n) is 1.58. The maximum Gasteiger partial charge on any atom is 0.137 e. The zero-order valence-corrected chi connectivity index (χ0v) is 5.94. The van der Waals surface area contributed by atoms with E-state index in [4.69, 9.17) is 0 Å². The maximum atomic E-state index is 10.0. The number of ketones is 2. The molecule has 52 valence electrons. The first kappa shape index (κ1) is 11.0. The Hall–Kier alpha value is -0.920. The zero-order valence-electron chi connectivity index (χ0n) is 5.94. The van der Waals surface area contributed by atoms with Gasteiger partial charge in [-0.15, -0.1) is 13.2 Å². The summed E-state index contributed by atoms with van der Waals surface area (Å²) < 4.78 is 0. The van der Waals surface area contributed by atoms with Gasteiger partial charge in [-0.25, -0.2) is 0 Å². The van der Waals surface area contributed by atoms with E-state index in [1.165, 1.54) is 13.8 Å². The normalized spacial score (nSPS) is 6.89. The summed E-state index contributed by atoms with van der Waals surface area (Å²) >= 11 is 0. The van der Waals surface area contributed by atoms with Gasteiger partial charge in [0.2, 0.25) is 0 Å². The van der Waals surface area contributed by atoms with Crippen molar-refractivity contribution in [2.45, 2.75) is 20.3 Å². The lowest BCUT2D eigenvalue weighted by atomic mass is 10.2. The Morgan fingerprint density at radius 1 is 1.11 bits per heavy atom. The number of carbonyl (C=O) groups excluding carboxylic acids is 2. The molecule has 0 radical (unpaired) electrons. The fourth-order valence-electron chi connectivity index (χ4n) is 0.351. The highest BCUT2D eigenvalue weighted by molar-refractivity contribution is 5.96. The van der Waals surface area contributed by atoms with Gasteiger partial charge in [0.15, 0.2) is 0 Å². The van der Waals surface area contributed by atoms with E-state index >= 15 is 0 Å². The van der Waals surface area contributed by atoms with Gasteiger partial charge < -0.3 is 0 Å². The van der Waals surface area contributed by atoms with E-state index < -0.39 is 0 Å². The second kappa shape index (κ2) is 7.08. The third-order valence-electron chi connectivity index (χ3n) is 0.498. The fraction of sp³-hybridized carbons (Fsp3) is 0.429. The minimum atomic E-state index is -0.0625. The molecular weight excluding hydrogens is 116 g/mol. The Labute approximate surface area is 55.6 Å². The summed E-state index contributed by atoms with van der Waals surface area (Å²) in [5, 5.41) is 0. The van der Waals surface area contributed by atoms with Crippen molar-refractivity contribution in [3.05, 3.63) is 13.2 Å². The molecular formula is C7H12O2. The molecule has 0 aliphatic heterocycles. The number of carbonyl (C=O) groups is 2. The van der Waals surface area contributed by atoms with Crippen LogP contribution in [-0.2, 0) is 9.59 Å². The first-order valence-corrected chi connectivity index (χ1v) is 2.62. The highest BCUT2D eigenvalue weighted by Crippen LogP contribution is 1.80. The molecule has 0 aliphatic rings. The molecule has 0 fully saturated rings. The first-order chi connectivity index (χ1) is 4.13. The van der Waals surface area contributed by atoms with Crippen molar-refractivity contribution in [1.82, 2.24) is 0 Å². The molecule has 0 bridgehead atoms. The van der Waals surface area contributed by atoms with Gasteiger partial charge >= 0.3 is 0 Å². The molecule has 0 amide bonds. The largest absolute Gasteiger partial charge is 0.300 e. The van der Waals surface area contributed by atoms with Crippen molar-refractivity contribution in [3.63, 3.8) is 0 Å². The summed E-state index contributed by atoms with van der Waals surface area (Å²) in [6.45, 7) is 8.81. The van der Waals surface area contributed by atoms with Crippen LogP contribution in [0.15, 0.2) is 13.2 Å². The minimum Gasteiger partial charge on any atom is -0.300 e. The predicted molar refractivity (Wildman–Crippen MR) is 37.2 cm³/mol. The zero-order chi connectivity index (χ0) is 7.86. The summed E-state index contributed by atoms with van der Waals surface area (Å²) in [5.41, 5.74) is 0. The molecule has 0 atom stereocenters. The molecule has 0 saturated carbocycles. The van der Waals surface area contributed by atoms with Crippen LogP contribution in [0, 0.1) is 0 Å². The average molecular weight is 128 g/mol. The molecule has 0 unspecified atom stereocenters. The smallest absolute Gasteiger partial charge is 0.137 e. The minimum absolute atomic E-state index is 0.0625. The lowest BCUT2D eigenvalue weighted by molar-refractivity contribution is -0.124. The van der Waals surface area contributed by atoms with Crippen LogP contribution in [0.25, 0.3) is 0 Å². The molecule has 0 saturated heterocycles. The predicted octanol–water partition coefficient (Wildman–Crippen LogP) is 1.36. The van der Waals surface area contributed by atoms with Gasteiger partial charge in [0.05, 0.1) is 6.42 Å². The van der Waals surface area contributed by atoms with E-state index in [1.807, 2.05) is 0 Å². The van der Waals surface area contributed by atoms with Gasteiger partial charge in [0.1, 0.15) is 11.6 Å². The summed E-state index contributed by atoms with van der Waals surface area (Å²) in [5.74, 6) is -0.125. The van der Waals surface area contributed by atoms with Crippen LogP contribution in [-0.4, -0.2) is 11.6 Å². The highest BCUT2D eigenvalue weighted by Gasteiger charge is 1.94. The monoisotopic (exact) mass is 128 g/mol. The van der Waals surface area contributed by atoms with Crippen LogP contribution in [0.4, 0.5) is 0 Å². The highest BCUT2D eigenvalue weighted by atomic mass is 16.1. The molecule has 0 N–H and O–H groups in total. The summed E-state index contributed by atoms with van der Waals surface area (Å²) in [7, 11) is 0. The van der Waals surface area contributed by atoms with E-state index in [-0.39, 0.29) is 18.0 Å². The Morgan fingerprint density at radius 2 is 1.33 bits per heavy atom. The maximum absolute atomic E-state index is 10.0. The van der Waals surface area contributed by atoms with Crippen LogP contribution in [0.3, 0.4) is 0 Å². The van der Waals surface area contributed by atoms with E-state index in [1.54, 1.807) is 0 Å². The van der Waals surface area contributed by atoms with Crippen LogP contribution >= 0.6 is 0 Å². The van der Waals surface area contributed by atoms with Crippen molar-refractivity contribution in [2.75, 3.05) is 0 Å². The topological polar surface area (TPSA) is 34.1 Å². The molecule has 0 rings (SSSR count). The standard InChI is InChI=1S/C5H8O2.C2H4/c1-4(6)3-5(2)7;1-2/h3H2,1-2H3;1-2H2. The molecule has 2 heteroatoms. The molecule has 0 aromatic rings. The SMILES string of the molecule is C=C.CC(=O)CC(C)=O. The van der Waals surface area contributed by atoms with Crippen LogP contribution < -0.4 is 0 Å². The van der Waals surface area contributed by atoms with E-state index in [2.05, 4.69) is 13.2 Å². The Kier molecular flexibility index (Phi) is 8.62. The summed E-state index contributed by atoms with van der Waals surface area (Å²) in [4.78, 5) is 20.1. The van der Waals surface area contributed by atoms with Crippen LogP contribution in [0.2, 0.25) is 0 Å². The van der Waals surface area contributed by atoms with Gasteiger partial charge in [-0.05, 0) is 13.8 Å². The summed E-state index contributed by atoms with van der Waals surface area (Å²) in [6, 6.07) is 0. The van der Waals surface area contributed by atoms with E-state index in [0.29, 0.717) is 0 Å². The van der Waals surface area contributed by atoms with Crippen molar-refractivity contribution in [2.24, 2.45) is 0 Å². The number of rotatable bonds is 2. The Bertz CT molecular complexity index is 93.5. The van der Waals surface area contributed by atoms with E-state index in [0.717, 1.165) is 0 Å². The molecule has 0 aromatic carbocycles.